The molecule has 0 atom stereocenters. The summed E-state index contributed by atoms with van der Waals surface area (Å²) in [7, 11) is 0. The Kier molecular flexibility index (Phi) is 5.73. The molecule has 0 aliphatic carbocycles. The van der Waals surface area contributed by atoms with Gasteiger partial charge in [0.2, 0.25) is 0 Å². The van der Waals surface area contributed by atoms with Crippen molar-refractivity contribution in [2.24, 2.45) is 0 Å². The lowest BCUT2D eigenvalue weighted by Crippen LogP contribution is -2.24. The highest BCUT2D eigenvalue weighted by Gasteiger charge is 2.14. The molecule has 130 valence electrons. The molecule has 0 unspecified atom stereocenters. The summed E-state index contributed by atoms with van der Waals surface area (Å²) in [5.41, 5.74) is 0.807. The summed E-state index contributed by atoms with van der Waals surface area (Å²) in [6.07, 6.45) is 0.438. The van der Waals surface area contributed by atoms with E-state index in [1.165, 1.54) is 22.4 Å². The minimum absolute atomic E-state index is 0.0253. The van der Waals surface area contributed by atoms with Gasteiger partial charge in [-0.2, -0.15) is 0 Å². The molecule has 0 aliphatic rings. The second-order valence-corrected chi connectivity index (χ2v) is 6.78. The van der Waals surface area contributed by atoms with E-state index in [-0.39, 0.29) is 23.7 Å². The van der Waals surface area contributed by atoms with Gasteiger partial charge in [-0.05, 0) is 30.7 Å². The molecule has 0 saturated carbocycles. The number of hydrogen-bond acceptors (Lipinski definition) is 4. The molecule has 0 spiro atoms. The first-order valence-electron chi connectivity index (χ1n) is 7.78. The summed E-state index contributed by atoms with van der Waals surface area (Å²) < 4.78 is 15.5. The highest BCUT2D eigenvalue weighted by molar-refractivity contribution is 7.98. The molecule has 0 amide bonds. The number of aromatic nitrogens is 2. The van der Waals surface area contributed by atoms with Crippen LogP contribution in [0.3, 0.4) is 0 Å². The first kappa shape index (κ1) is 17.9. The minimum Gasteiger partial charge on any atom is -0.396 e. The molecule has 1 heterocycles. The molecule has 0 aliphatic heterocycles. The van der Waals surface area contributed by atoms with Gasteiger partial charge in [-0.15, -0.1) is 0 Å². The van der Waals surface area contributed by atoms with Crippen molar-refractivity contribution in [2.45, 2.75) is 23.9 Å². The van der Waals surface area contributed by atoms with Crippen LogP contribution in [0, 0.1) is 5.82 Å². The molecule has 0 radical (unpaired) electrons. The van der Waals surface area contributed by atoms with Gasteiger partial charge in [-0.3, -0.25) is 9.36 Å². The van der Waals surface area contributed by atoms with Gasteiger partial charge < -0.3 is 5.11 Å². The van der Waals surface area contributed by atoms with Crippen molar-refractivity contribution in [2.75, 3.05) is 6.61 Å². The summed E-state index contributed by atoms with van der Waals surface area (Å²) in [4.78, 5) is 17.3. The van der Waals surface area contributed by atoms with Crippen molar-refractivity contribution in [3.63, 3.8) is 0 Å². The third-order valence-electron chi connectivity index (χ3n) is 3.77. The van der Waals surface area contributed by atoms with Crippen LogP contribution in [0.4, 0.5) is 4.39 Å². The Hall–Kier alpha value is -1.89. The summed E-state index contributed by atoms with van der Waals surface area (Å²) in [6, 6.07) is 11.6. The van der Waals surface area contributed by atoms with Crippen molar-refractivity contribution in [3.8, 4) is 0 Å². The fraction of sp³-hybridized carbons (Fsp3) is 0.222. The maximum absolute atomic E-state index is 14.0. The number of fused-ring (bicyclic) bond motifs is 1. The molecule has 0 fully saturated rings. The van der Waals surface area contributed by atoms with Crippen molar-refractivity contribution in [3.05, 3.63) is 69.2 Å². The van der Waals surface area contributed by atoms with Crippen molar-refractivity contribution >= 4 is 34.3 Å². The summed E-state index contributed by atoms with van der Waals surface area (Å²) in [5.74, 6) is -0.125. The van der Waals surface area contributed by atoms with E-state index in [0.717, 1.165) is 0 Å². The maximum Gasteiger partial charge on any atom is 0.262 e. The second kappa shape index (κ2) is 7.99. The summed E-state index contributed by atoms with van der Waals surface area (Å²) >= 11 is 7.32. The maximum atomic E-state index is 14.0. The number of para-hydroxylation sites is 1. The normalized spacial score (nSPS) is 11.2. The van der Waals surface area contributed by atoms with Crippen LogP contribution in [0.1, 0.15) is 12.0 Å². The predicted octanol–water partition coefficient (Wildman–Crippen LogP) is 3.86. The van der Waals surface area contributed by atoms with Gasteiger partial charge in [0.1, 0.15) is 5.82 Å². The number of halogens is 2. The van der Waals surface area contributed by atoms with Crippen LogP contribution in [0.25, 0.3) is 10.9 Å². The molecule has 1 N–H and O–H groups in total. The van der Waals surface area contributed by atoms with Crippen molar-refractivity contribution in [1.82, 2.24) is 9.55 Å². The van der Waals surface area contributed by atoms with Gasteiger partial charge in [0.15, 0.2) is 5.16 Å². The third-order valence-corrected chi connectivity index (χ3v) is 5.13. The Labute approximate surface area is 153 Å². The van der Waals surface area contributed by atoms with Crippen LogP contribution in [-0.4, -0.2) is 21.3 Å². The smallest absolute Gasteiger partial charge is 0.262 e. The zero-order chi connectivity index (χ0) is 17.8. The molecule has 0 bridgehead atoms. The van der Waals surface area contributed by atoms with Crippen molar-refractivity contribution in [1.29, 1.82) is 0 Å². The Morgan fingerprint density at radius 2 is 2.00 bits per heavy atom. The molecule has 7 heteroatoms. The molecule has 3 aromatic rings. The predicted molar refractivity (Wildman–Crippen MR) is 98.7 cm³/mol. The third kappa shape index (κ3) is 3.86. The van der Waals surface area contributed by atoms with E-state index in [1.807, 2.05) is 6.07 Å². The van der Waals surface area contributed by atoms with E-state index >= 15 is 0 Å². The number of rotatable bonds is 6. The van der Waals surface area contributed by atoms with E-state index in [2.05, 4.69) is 4.98 Å². The number of benzene rings is 2. The fourth-order valence-electron chi connectivity index (χ4n) is 2.49. The highest BCUT2D eigenvalue weighted by Crippen LogP contribution is 2.28. The van der Waals surface area contributed by atoms with Crippen LogP contribution >= 0.6 is 23.4 Å². The van der Waals surface area contributed by atoms with Gasteiger partial charge in [-0.25, -0.2) is 9.37 Å². The Morgan fingerprint density at radius 1 is 1.20 bits per heavy atom. The van der Waals surface area contributed by atoms with Gasteiger partial charge in [0, 0.05) is 29.5 Å². The Bertz CT molecular complexity index is 941. The lowest BCUT2D eigenvalue weighted by Gasteiger charge is -2.13. The van der Waals surface area contributed by atoms with Gasteiger partial charge >= 0.3 is 0 Å². The average molecular weight is 379 g/mol. The quantitative estimate of drug-likeness (QED) is 0.522. The van der Waals surface area contributed by atoms with Gasteiger partial charge in [0.25, 0.3) is 5.56 Å². The second-order valence-electron chi connectivity index (χ2n) is 5.43. The Morgan fingerprint density at radius 3 is 2.76 bits per heavy atom. The minimum atomic E-state index is -0.384. The van der Waals surface area contributed by atoms with Crippen LogP contribution in [-0.2, 0) is 12.3 Å². The summed E-state index contributed by atoms with van der Waals surface area (Å²) in [5, 5.41) is 10.4. The van der Waals surface area contributed by atoms with E-state index in [0.29, 0.717) is 39.6 Å². The van der Waals surface area contributed by atoms with Crippen LogP contribution in [0.2, 0.25) is 5.02 Å². The van der Waals surface area contributed by atoms with Crippen molar-refractivity contribution < 1.29 is 9.50 Å². The van der Waals surface area contributed by atoms with E-state index in [1.54, 1.807) is 30.3 Å². The van der Waals surface area contributed by atoms with E-state index in [9.17, 15) is 9.18 Å². The molecule has 25 heavy (non-hydrogen) atoms. The number of hydrogen-bond donors (Lipinski definition) is 1. The lowest BCUT2D eigenvalue weighted by molar-refractivity contribution is 0.276. The molecule has 4 nitrogen and oxygen atoms in total. The van der Waals surface area contributed by atoms with Crippen LogP contribution in [0.5, 0.6) is 0 Å². The summed E-state index contributed by atoms with van der Waals surface area (Å²) in [6.45, 7) is 0.322. The standard InChI is InChI=1S/C18H16ClFN2O2S/c19-14-6-3-7-15(20)13(14)11-25-18-21-16-8-2-1-5-12(16)17(24)22(18)9-4-10-23/h1-3,5-8,23H,4,9-11H2. The largest absolute Gasteiger partial charge is 0.396 e. The molecule has 3 rings (SSSR count). The lowest BCUT2D eigenvalue weighted by atomic mass is 10.2. The van der Waals surface area contributed by atoms with Gasteiger partial charge in [-0.1, -0.05) is 41.6 Å². The molecular formula is C18H16ClFN2O2S. The molecule has 2 aromatic carbocycles. The molecule has 0 saturated heterocycles. The molecule has 1 aromatic heterocycles. The monoisotopic (exact) mass is 378 g/mol. The van der Waals surface area contributed by atoms with E-state index < -0.39 is 0 Å². The first-order valence-corrected chi connectivity index (χ1v) is 9.14. The number of aliphatic hydroxyl groups is 1. The fourth-order valence-corrected chi connectivity index (χ4v) is 3.86. The number of aliphatic hydroxyl groups excluding tert-OH is 1. The van der Waals surface area contributed by atoms with Gasteiger partial charge in [0.05, 0.1) is 10.9 Å². The molecular weight excluding hydrogens is 363 g/mol. The number of nitrogens with zero attached hydrogens (tertiary/aromatic N) is 2. The zero-order valence-corrected chi connectivity index (χ0v) is 14.9. The highest BCUT2D eigenvalue weighted by atomic mass is 35.5. The van der Waals surface area contributed by atoms with E-state index in [4.69, 9.17) is 16.7 Å². The topological polar surface area (TPSA) is 55.1 Å². The Balaban J connectivity index is 2.00. The SMILES string of the molecule is O=c1c2ccccc2nc(SCc2c(F)cccc2Cl)n1CCCO. The van der Waals surface area contributed by atoms with Crippen LogP contribution < -0.4 is 5.56 Å². The zero-order valence-electron chi connectivity index (χ0n) is 13.3. The first-order chi connectivity index (χ1) is 12.1. The van der Waals surface area contributed by atoms with Crippen LogP contribution in [0.15, 0.2) is 52.4 Å². The average Bonchev–Trinajstić information content (AvgIpc) is 2.61. The number of thioether (sulfide) groups is 1.